The topological polar surface area (TPSA) is 79.6 Å². The maximum Gasteiger partial charge on any atom is 0.332 e. The summed E-state index contributed by atoms with van der Waals surface area (Å²) >= 11 is 6.19. The smallest absolute Gasteiger partial charge is 0.298 e. The van der Waals surface area contributed by atoms with Crippen LogP contribution in [0, 0.1) is 19.8 Å². The van der Waals surface area contributed by atoms with Crippen LogP contribution in [0.4, 0.5) is 0 Å². The number of fused-ring (bicyclic) bond motifs is 1. The molecule has 4 rings (SSSR count). The standard InChI is InChI=1S/C22H25ClN6O2/c1-13(2)11-28-20(30)18-19(26(5)22(28)31)24-21(29-15(4)9-14(3)25-29)27(18)12-16-7-6-8-17(23)10-16/h6-10,13H,11-12H2,1-5H3. The van der Waals surface area contributed by atoms with Crippen molar-refractivity contribution in [1.29, 1.82) is 0 Å². The van der Waals surface area contributed by atoms with E-state index in [1.165, 1.54) is 9.13 Å². The lowest BCUT2D eigenvalue weighted by molar-refractivity contribution is 0.484. The summed E-state index contributed by atoms with van der Waals surface area (Å²) in [6.07, 6.45) is 0. The van der Waals surface area contributed by atoms with E-state index in [0.717, 1.165) is 17.0 Å². The summed E-state index contributed by atoms with van der Waals surface area (Å²) in [6, 6.07) is 9.41. The Morgan fingerprint density at radius 2 is 1.84 bits per heavy atom. The van der Waals surface area contributed by atoms with Crippen molar-refractivity contribution in [1.82, 2.24) is 28.5 Å². The van der Waals surface area contributed by atoms with Gasteiger partial charge in [-0.2, -0.15) is 10.1 Å². The number of hydrogen-bond acceptors (Lipinski definition) is 4. The van der Waals surface area contributed by atoms with E-state index in [1.54, 1.807) is 17.8 Å². The van der Waals surface area contributed by atoms with Crippen LogP contribution in [0.5, 0.6) is 0 Å². The molecule has 0 saturated carbocycles. The van der Waals surface area contributed by atoms with E-state index in [4.69, 9.17) is 16.6 Å². The molecule has 0 saturated heterocycles. The molecule has 0 spiro atoms. The molecule has 3 heterocycles. The SMILES string of the molecule is Cc1cc(C)n(-c2nc3c(c(=O)n(CC(C)C)c(=O)n3C)n2Cc2cccc(Cl)c2)n1. The third kappa shape index (κ3) is 3.72. The molecule has 162 valence electrons. The molecule has 0 N–H and O–H groups in total. The van der Waals surface area contributed by atoms with Crippen LogP contribution in [0.25, 0.3) is 17.1 Å². The fourth-order valence-corrected chi connectivity index (χ4v) is 4.06. The molecule has 0 bridgehead atoms. The molecule has 0 aliphatic rings. The van der Waals surface area contributed by atoms with Crippen LogP contribution < -0.4 is 11.2 Å². The van der Waals surface area contributed by atoms with Gasteiger partial charge in [0.25, 0.3) is 5.56 Å². The molecule has 0 atom stereocenters. The van der Waals surface area contributed by atoms with Gasteiger partial charge in [-0.3, -0.25) is 18.5 Å². The molecule has 0 unspecified atom stereocenters. The molecule has 3 aromatic heterocycles. The Balaban J connectivity index is 2.08. The van der Waals surface area contributed by atoms with E-state index in [9.17, 15) is 9.59 Å². The second kappa shape index (κ2) is 7.85. The third-order valence-corrected chi connectivity index (χ3v) is 5.42. The van der Waals surface area contributed by atoms with E-state index in [0.29, 0.717) is 35.2 Å². The molecule has 0 amide bonds. The van der Waals surface area contributed by atoms with Gasteiger partial charge in [0.15, 0.2) is 11.2 Å². The number of halogens is 1. The lowest BCUT2D eigenvalue weighted by atomic mass is 10.2. The maximum atomic E-state index is 13.5. The minimum atomic E-state index is -0.376. The Kier molecular flexibility index (Phi) is 5.35. The summed E-state index contributed by atoms with van der Waals surface area (Å²) in [5.41, 5.74) is 2.60. The first-order chi connectivity index (χ1) is 14.7. The molecule has 4 aromatic rings. The molecule has 31 heavy (non-hydrogen) atoms. The van der Waals surface area contributed by atoms with E-state index in [1.807, 2.05) is 56.5 Å². The highest BCUT2D eigenvalue weighted by Gasteiger charge is 2.23. The average molecular weight is 441 g/mol. The van der Waals surface area contributed by atoms with Gasteiger partial charge in [-0.25, -0.2) is 9.48 Å². The van der Waals surface area contributed by atoms with Crippen LogP contribution in [0.2, 0.25) is 5.02 Å². The van der Waals surface area contributed by atoms with Gasteiger partial charge in [0.05, 0.1) is 12.2 Å². The van der Waals surface area contributed by atoms with E-state index < -0.39 is 0 Å². The van der Waals surface area contributed by atoms with Gasteiger partial charge in [0, 0.05) is 24.3 Å². The van der Waals surface area contributed by atoms with Crippen molar-refractivity contribution in [2.24, 2.45) is 13.0 Å². The van der Waals surface area contributed by atoms with Crippen LogP contribution >= 0.6 is 11.6 Å². The van der Waals surface area contributed by atoms with Gasteiger partial charge in [-0.05, 0) is 43.5 Å². The predicted molar refractivity (Wildman–Crippen MR) is 121 cm³/mol. The highest BCUT2D eigenvalue weighted by Crippen LogP contribution is 2.20. The number of benzene rings is 1. The number of imidazole rings is 1. The Labute approximate surface area is 184 Å². The lowest BCUT2D eigenvalue weighted by Gasteiger charge is -2.13. The zero-order chi connectivity index (χ0) is 22.4. The van der Waals surface area contributed by atoms with Gasteiger partial charge in [-0.1, -0.05) is 37.6 Å². The first-order valence-corrected chi connectivity index (χ1v) is 10.5. The molecular weight excluding hydrogens is 416 g/mol. The molecular formula is C22H25ClN6O2. The van der Waals surface area contributed by atoms with Gasteiger partial charge >= 0.3 is 5.69 Å². The van der Waals surface area contributed by atoms with Crippen LogP contribution in [0.15, 0.2) is 39.9 Å². The summed E-state index contributed by atoms with van der Waals surface area (Å²) in [5.74, 6) is 0.623. The van der Waals surface area contributed by atoms with Crippen molar-refractivity contribution >= 4 is 22.8 Å². The monoisotopic (exact) mass is 440 g/mol. The largest absolute Gasteiger partial charge is 0.332 e. The quantitative estimate of drug-likeness (QED) is 0.477. The van der Waals surface area contributed by atoms with E-state index >= 15 is 0 Å². The second-order valence-corrected chi connectivity index (χ2v) is 8.73. The molecule has 9 heteroatoms. The highest BCUT2D eigenvalue weighted by atomic mass is 35.5. The van der Waals surface area contributed by atoms with Crippen LogP contribution in [-0.4, -0.2) is 28.5 Å². The van der Waals surface area contributed by atoms with Crippen molar-refractivity contribution in [3.05, 3.63) is 73.1 Å². The van der Waals surface area contributed by atoms with Crippen molar-refractivity contribution in [2.75, 3.05) is 0 Å². The molecule has 0 aliphatic heterocycles. The Morgan fingerprint density at radius 3 is 2.45 bits per heavy atom. The van der Waals surface area contributed by atoms with Gasteiger partial charge in [0.1, 0.15) is 0 Å². The summed E-state index contributed by atoms with van der Waals surface area (Å²) < 4.78 is 6.24. The van der Waals surface area contributed by atoms with Crippen molar-refractivity contribution in [3.8, 4) is 5.95 Å². The minimum absolute atomic E-state index is 0.141. The summed E-state index contributed by atoms with van der Waals surface area (Å²) in [6.45, 7) is 8.47. The van der Waals surface area contributed by atoms with Crippen LogP contribution in [0.3, 0.4) is 0 Å². The lowest BCUT2D eigenvalue weighted by Crippen LogP contribution is -2.40. The average Bonchev–Trinajstić information content (AvgIpc) is 3.23. The molecule has 0 aliphatic carbocycles. The highest BCUT2D eigenvalue weighted by molar-refractivity contribution is 6.30. The Hall–Kier alpha value is -3.13. The zero-order valence-electron chi connectivity index (χ0n) is 18.3. The predicted octanol–water partition coefficient (Wildman–Crippen LogP) is 3.06. The summed E-state index contributed by atoms with van der Waals surface area (Å²) in [7, 11) is 1.64. The van der Waals surface area contributed by atoms with Crippen LogP contribution in [-0.2, 0) is 20.1 Å². The van der Waals surface area contributed by atoms with Crippen LogP contribution in [0.1, 0.15) is 30.8 Å². The second-order valence-electron chi connectivity index (χ2n) is 8.29. The van der Waals surface area contributed by atoms with E-state index in [2.05, 4.69) is 5.10 Å². The summed E-state index contributed by atoms with van der Waals surface area (Å²) in [5, 5.41) is 5.17. The molecule has 0 radical (unpaired) electrons. The number of aryl methyl sites for hydroxylation is 3. The normalized spacial score (nSPS) is 11.7. The van der Waals surface area contributed by atoms with Gasteiger partial charge in [-0.15, -0.1) is 0 Å². The first-order valence-electron chi connectivity index (χ1n) is 10.2. The summed E-state index contributed by atoms with van der Waals surface area (Å²) in [4.78, 5) is 31.1. The van der Waals surface area contributed by atoms with Gasteiger partial charge < -0.3 is 0 Å². The number of hydrogen-bond donors (Lipinski definition) is 0. The zero-order valence-corrected chi connectivity index (χ0v) is 19.0. The van der Waals surface area contributed by atoms with Crippen molar-refractivity contribution in [2.45, 2.75) is 40.8 Å². The Morgan fingerprint density at radius 1 is 1.10 bits per heavy atom. The molecule has 8 nitrogen and oxygen atoms in total. The van der Waals surface area contributed by atoms with Crippen molar-refractivity contribution in [3.63, 3.8) is 0 Å². The van der Waals surface area contributed by atoms with Gasteiger partial charge in [0.2, 0.25) is 5.95 Å². The number of rotatable bonds is 5. The fraction of sp³-hybridized carbons (Fsp3) is 0.364. The molecule has 0 fully saturated rings. The fourth-order valence-electron chi connectivity index (χ4n) is 3.85. The number of nitrogens with zero attached hydrogens (tertiary/aromatic N) is 6. The maximum absolute atomic E-state index is 13.5. The Bertz CT molecular complexity index is 1410. The van der Waals surface area contributed by atoms with Crippen molar-refractivity contribution < 1.29 is 0 Å². The minimum Gasteiger partial charge on any atom is -0.298 e. The molecule has 1 aromatic carbocycles. The number of aromatic nitrogens is 6. The first kappa shape index (κ1) is 21.1. The third-order valence-electron chi connectivity index (χ3n) is 5.19. The van der Waals surface area contributed by atoms with E-state index in [-0.39, 0.29) is 17.2 Å².